The Morgan fingerprint density at radius 3 is 2.67 bits per heavy atom. The van der Waals surface area contributed by atoms with Crippen molar-refractivity contribution in [1.82, 2.24) is 14.5 Å². The Morgan fingerprint density at radius 2 is 1.97 bits per heavy atom. The molecule has 0 spiro atoms. The minimum Gasteiger partial charge on any atom is -0.489 e. The summed E-state index contributed by atoms with van der Waals surface area (Å²) in [7, 11) is 3.95. The Kier molecular flexibility index (Phi) is 6.53. The Labute approximate surface area is 175 Å². The van der Waals surface area contributed by atoms with Crippen LogP contribution in [0.2, 0.25) is 0 Å². The number of nitrogens with zero attached hydrogens (tertiary/aromatic N) is 4. The number of allylic oxidation sites excluding steroid dienone is 2. The van der Waals surface area contributed by atoms with Gasteiger partial charge in [0.05, 0.1) is 29.2 Å². The number of rotatable bonds is 8. The monoisotopic (exact) mass is 412 g/mol. The third-order valence-electron chi connectivity index (χ3n) is 4.73. The van der Waals surface area contributed by atoms with Gasteiger partial charge in [0.25, 0.3) is 5.88 Å². The number of hydrogen-bond acceptors (Lipinski definition) is 8. The van der Waals surface area contributed by atoms with Crippen molar-refractivity contribution in [3.63, 3.8) is 0 Å². The molecule has 0 saturated heterocycles. The first-order chi connectivity index (χ1) is 14.3. The number of likely N-dealkylation sites (N-methyl/N-ethyl adjacent to an activating group) is 1. The second kappa shape index (κ2) is 9.10. The first-order valence-corrected chi connectivity index (χ1v) is 9.68. The summed E-state index contributed by atoms with van der Waals surface area (Å²) < 4.78 is 13.2. The lowest BCUT2D eigenvalue weighted by atomic mass is 10.1. The molecule has 0 aliphatic heterocycles. The van der Waals surface area contributed by atoms with Crippen molar-refractivity contribution in [2.45, 2.75) is 13.8 Å². The number of pyridine rings is 1. The van der Waals surface area contributed by atoms with Crippen LogP contribution in [0.1, 0.15) is 11.3 Å². The number of nitrogens with two attached hydrogens (primary N) is 1. The number of aryl methyl sites for hydroxylation is 2. The Balaban J connectivity index is 2.08. The van der Waals surface area contributed by atoms with Crippen molar-refractivity contribution < 1.29 is 14.6 Å². The molecule has 1 aliphatic carbocycles. The predicted octanol–water partition coefficient (Wildman–Crippen LogP) is 1.73. The SMILES string of the molecule is Cc1ccc2c(/N=C3\C=C(OCCO)C(=N)C=C3N)c(OCCN(C)C)nn2c1C. The lowest BCUT2D eigenvalue weighted by Gasteiger charge is -2.15. The van der Waals surface area contributed by atoms with E-state index in [1.807, 2.05) is 49.5 Å². The van der Waals surface area contributed by atoms with Gasteiger partial charge in [-0.15, -0.1) is 5.10 Å². The van der Waals surface area contributed by atoms with E-state index in [1.165, 1.54) is 6.08 Å². The van der Waals surface area contributed by atoms with Gasteiger partial charge in [-0.2, -0.15) is 0 Å². The van der Waals surface area contributed by atoms with E-state index >= 15 is 0 Å². The van der Waals surface area contributed by atoms with Crippen LogP contribution in [0.5, 0.6) is 5.88 Å². The van der Waals surface area contributed by atoms with Crippen molar-refractivity contribution in [1.29, 1.82) is 5.41 Å². The maximum absolute atomic E-state index is 9.01. The zero-order valence-corrected chi connectivity index (χ0v) is 17.8. The van der Waals surface area contributed by atoms with E-state index < -0.39 is 0 Å². The molecule has 2 aromatic heterocycles. The summed E-state index contributed by atoms with van der Waals surface area (Å²) in [5.41, 5.74) is 10.5. The Bertz CT molecular complexity index is 1050. The lowest BCUT2D eigenvalue weighted by Crippen LogP contribution is -2.20. The number of aliphatic imine (C=N–C) groups is 1. The second-order valence-corrected chi connectivity index (χ2v) is 7.30. The van der Waals surface area contributed by atoms with Gasteiger partial charge in [0.1, 0.15) is 19.0 Å². The highest BCUT2D eigenvalue weighted by Crippen LogP contribution is 2.34. The number of nitrogens with one attached hydrogen (secondary N) is 1. The molecule has 0 aromatic carbocycles. The Hall–Kier alpha value is -3.17. The van der Waals surface area contributed by atoms with Crippen molar-refractivity contribution in [2.75, 3.05) is 40.5 Å². The summed E-state index contributed by atoms with van der Waals surface area (Å²) in [5.74, 6) is 0.716. The first kappa shape index (κ1) is 21.5. The van der Waals surface area contributed by atoms with Crippen LogP contribution in [0.25, 0.3) is 5.52 Å². The van der Waals surface area contributed by atoms with Crippen molar-refractivity contribution >= 4 is 22.6 Å². The molecule has 2 heterocycles. The third-order valence-corrected chi connectivity index (χ3v) is 4.73. The van der Waals surface area contributed by atoms with Crippen LogP contribution in [0, 0.1) is 19.3 Å². The largest absolute Gasteiger partial charge is 0.489 e. The molecule has 4 N–H and O–H groups in total. The first-order valence-electron chi connectivity index (χ1n) is 9.68. The molecule has 0 radical (unpaired) electrons. The topological polar surface area (TPSA) is 121 Å². The number of fused-ring (bicyclic) bond motifs is 1. The molecule has 9 nitrogen and oxygen atoms in total. The Morgan fingerprint density at radius 1 is 1.20 bits per heavy atom. The maximum atomic E-state index is 9.01. The zero-order valence-electron chi connectivity index (χ0n) is 17.8. The maximum Gasteiger partial charge on any atom is 0.260 e. The van der Waals surface area contributed by atoms with Crippen molar-refractivity contribution in [2.24, 2.45) is 10.7 Å². The zero-order chi connectivity index (χ0) is 21.8. The van der Waals surface area contributed by atoms with E-state index in [1.54, 1.807) is 6.08 Å². The van der Waals surface area contributed by atoms with E-state index in [2.05, 4.69) is 5.10 Å². The standard InChI is InChI=1S/C21H28N6O3/c1-13-5-6-18-20(21(25-27(18)14(13)2)30-9-7-26(3)4)24-17-12-19(29-10-8-28)16(23)11-15(17)22/h5-6,11-12,23,28H,7-10,22H2,1-4H3/b23-16?,24-17+. The molecule has 0 amide bonds. The summed E-state index contributed by atoms with van der Waals surface area (Å²) in [6.07, 6.45) is 3.08. The highest BCUT2D eigenvalue weighted by atomic mass is 16.5. The molecular weight excluding hydrogens is 384 g/mol. The number of hydrogen-bond donors (Lipinski definition) is 3. The molecule has 9 heteroatoms. The van der Waals surface area contributed by atoms with Crippen LogP contribution in [0.4, 0.5) is 5.69 Å². The van der Waals surface area contributed by atoms with E-state index in [0.29, 0.717) is 35.3 Å². The minimum atomic E-state index is -0.146. The van der Waals surface area contributed by atoms with Gasteiger partial charge in [-0.25, -0.2) is 9.51 Å². The van der Waals surface area contributed by atoms with Gasteiger partial charge in [-0.3, -0.25) is 5.41 Å². The average Bonchev–Trinajstić information content (AvgIpc) is 3.03. The fourth-order valence-electron chi connectivity index (χ4n) is 2.90. The van der Waals surface area contributed by atoms with Crippen LogP contribution >= 0.6 is 0 Å². The van der Waals surface area contributed by atoms with Crippen LogP contribution in [-0.4, -0.2) is 71.5 Å². The van der Waals surface area contributed by atoms with E-state index in [4.69, 9.17) is 30.7 Å². The minimum absolute atomic E-state index is 0.0866. The highest BCUT2D eigenvalue weighted by molar-refractivity contribution is 6.22. The molecule has 0 fully saturated rings. The number of aliphatic hydroxyl groups excluding tert-OH is 1. The summed E-state index contributed by atoms with van der Waals surface area (Å²) in [4.78, 5) is 6.76. The van der Waals surface area contributed by atoms with Gasteiger partial charge in [-0.05, 0) is 45.6 Å². The lowest BCUT2D eigenvalue weighted by molar-refractivity contribution is 0.156. The van der Waals surface area contributed by atoms with E-state index in [0.717, 1.165) is 23.3 Å². The normalized spacial score (nSPS) is 15.7. The van der Waals surface area contributed by atoms with Crippen LogP contribution in [0.15, 0.2) is 40.7 Å². The number of aliphatic hydroxyl groups is 1. The molecule has 0 saturated carbocycles. The van der Waals surface area contributed by atoms with Gasteiger partial charge in [0.2, 0.25) is 0 Å². The number of aromatic nitrogens is 2. The van der Waals surface area contributed by atoms with Crippen LogP contribution in [0.3, 0.4) is 0 Å². The van der Waals surface area contributed by atoms with Crippen LogP contribution < -0.4 is 10.5 Å². The van der Waals surface area contributed by atoms with Gasteiger partial charge >= 0.3 is 0 Å². The summed E-state index contributed by atoms with van der Waals surface area (Å²) >= 11 is 0. The summed E-state index contributed by atoms with van der Waals surface area (Å²) in [5, 5.41) is 21.7. The van der Waals surface area contributed by atoms with E-state index in [-0.39, 0.29) is 18.9 Å². The van der Waals surface area contributed by atoms with Gasteiger partial charge in [-0.1, -0.05) is 6.07 Å². The molecule has 2 aromatic rings. The molecule has 3 rings (SSSR count). The quantitative estimate of drug-likeness (QED) is 0.568. The van der Waals surface area contributed by atoms with Gasteiger partial charge in [0, 0.05) is 18.3 Å². The van der Waals surface area contributed by atoms with Gasteiger partial charge < -0.3 is 25.2 Å². The van der Waals surface area contributed by atoms with E-state index in [9.17, 15) is 0 Å². The smallest absolute Gasteiger partial charge is 0.260 e. The predicted molar refractivity (Wildman–Crippen MR) is 117 cm³/mol. The average molecular weight is 412 g/mol. The molecule has 1 aliphatic rings. The molecule has 0 unspecified atom stereocenters. The summed E-state index contributed by atoms with van der Waals surface area (Å²) in [6.45, 7) is 5.15. The van der Waals surface area contributed by atoms with Crippen LogP contribution in [-0.2, 0) is 4.74 Å². The van der Waals surface area contributed by atoms with Crippen molar-refractivity contribution in [3.05, 3.63) is 47.0 Å². The molecular formula is C21H28N6O3. The molecule has 30 heavy (non-hydrogen) atoms. The molecule has 160 valence electrons. The van der Waals surface area contributed by atoms with Gasteiger partial charge in [0.15, 0.2) is 5.69 Å². The molecule has 0 atom stereocenters. The van der Waals surface area contributed by atoms with Crippen molar-refractivity contribution in [3.8, 4) is 5.88 Å². The fraction of sp³-hybridized carbons (Fsp3) is 0.381. The molecule has 0 bridgehead atoms. The number of ether oxygens (including phenoxy) is 2. The highest BCUT2D eigenvalue weighted by Gasteiger charge is 2.20. The summed E-state index contributed by atoms with van der Waals surface area (Å²) in [6, 6.07) is 3.96. The fourth-order valence-corrected chi connectivity index (χ4v) is 2.90. The second-order valence-electron chi connectivity index (χ2n) is 7.30. The third kappa shape index (κ3) is 4.52.